The molecule has 2 rings (SSSR count). The number of ether oxygens (including phenoxy) is 2. The topological polar surface area (TPSA) is 122 Å². The smallest absolute Gasteiger partial charge is 0.331 e. The average Bonchev–Trinajstić information content (AvgIpc) is 2.59. The fourth-order valence-corrected chi connectivity index (χ4v) is 3.33. The number of carbonyl (C=O) groups excluding carboxylic acids is 3. The molecule has 1 heterocycles. The molecule has 0 saturated heterocycles. The highest BCUT2D eigenvalue weighted by atomic mass is 16.6. The minimum atomic E-state index is -1.93. The highest BCUT2D eigenvalue weighted by molar-refractivity contribution is 5.86. The molecule has 8 nitrogen and oxygen atoms in total. The molecule has 1 unspecified atom stereocenters. The van der Waals surface area contributed by atoms with Gasteiger partial charge >= 0.3 is 11.9 Å². The van der Waals surface area contributed by atoms with Crippen LogP contribution in [-0.2, 0) is 23.9 Å². The zero-order chi connectivity index (χ0) is 20.7. The van der Waals surface area contributed by atoms with Crippen molar-refractivity contribution >= 4 is 17.8 Å². The predicted octanol–water partition coefficient (Wildman–Crippen LogP) is 0.908. The summed E-state index contributed by atoms with van der Waals surface area (Å²) in [4.78, 5) is 36.6. The van der Waals surface area contributed by atoms with Gasteiger partial charge in [0.1, 0.15) is 23.9 Å². The summed E-state index contributed by atoms with van der Waals surface area (Å²) in [5.41, 5.74) is -1.23. The first kappa shape index (κ1) is 22.1. The van der Waals surface area contributed by atoms with Gasteiger partial charge in [0.15, 0.2) is 0 Å². The van der Waals surface area contributed by atoms with E-state index in [9.17, 15) is 24.6 Å². The normalized spacial score (nSPS) is 32.9. The molecule has 1 aliphatic carbocycles. The molecular formula is C20H29NO7. The van der Waals surface area contributed by atoms with E-state index in [2.05, 4.69) is 5.32 Å². The van der Waals surface area contributed by atoms with Gasteiger partial charge in [0, 0.05) is 31.9 Å². The van der Waals surface area contributed by atoms with Crippen molar-refractivity contribution in [1.29, 1.82) is 0 Å². The molecule has 2 aliphatic rings. The number of allylic oxidation sites excluding steroid dienone is 2. The Kier molecular flexibility index (Phi) is 7.77. The van der Waals surface area contributed by atoms with E-state index in [1.165, 1.54) is 6.08 Å². The Morgan fingerprint density at radius 2 is 2.04 bits per heavy atom. The molecule has 0 radical (unpaired) electrons. The second-order valence-electron chi connectivity index (χ2n) is 7.58. The molecule has 1 fully saturated rings. The number of rotatable bonds is 2. The number of amides is 1. The van der Waals surface area contributed by atoms with Crippen LogP contribution >= 0.6 is 0 Å². The van der Waals surface area contributed by atoms with Crippen molar-refractivity contribution in [2.45, 2.75) is 76.3 Å². The summed E-state index contributed by atoms with van der Waals surface area (Å²) in [7, 11) is 0. The van der Waals surface area contributed by atoms with E-state index in [1.807, 2.05) is 6.08 Å². The zero-order valence-electron chi connectivity index (χ0n) is 16.3. The van der Waals surface area contributed by atoms with E-state index >= 15 is 0 Å². The lowest BCUT2D eigenvalue weighted by atomic mass is 9.78. The van der Waals surface area contributed by atoms with Crippen LogP contribution in [0.2, 0.25) is 0 Å². The molecule has 0 aromatic rings. The fourth-order valence-electron chi connectivity index (χ4n) is 3.33. The number of hydrogen-bond acceptors (Lipinski definition) is 7. The van der Waals surface area contributed by atoms with Gasteiger partial charge in [0.05, 0.1) is 0 Å². The van der Waals surface area contributed by atoms with Gasteiger partial charge in [0.2, 0.25) is 0 Å². The molecule has 1 amide bonds. The minimum absolute atomic E-state index is 0.171. The molecule has 0 spiro atoms. The summed E-state index contributed by atoms with van der Waals surface area (Å²) in [5, 5.41) is 24.1. The molecule has 28 heavy (non-hydrogen) atoms. The van der Waals surface area contributed by atoms with E-state index in [-0.39, 0.29) is 25.8 Å². The number of fused-ring (bicyclic) bond motifs is 2. The molecule has 2 bridgehead atoms. The van der Waals surface area contributed by atoms with Crippen molar-refractivity contribution in [3.05, 3.63) is 23.8 Å². The van der Waals surface area contributed by atoms with Crippen LogP contribution in [0, 0.1) is 0 Å². The molecular weight excluding hydrogens is 366 g/mol. The van der Waals surface area contributed by atoms with Crippen LogP contribution < -0.4 is 5.32 Å². The number of aliphatic hydroxyl groups is 2. The standard InChI is InChI=1S/C20H29NO7/c1-13(2)10-17(23)28-15-12-20(26)11-14(18(15)24)27-16(22)8-6-4-3-5-7-9-21-19(20)25/h5,7,10,14-15,18,24,26H,3-4,6,8-9,11-12H2,1-2H3,(H,21,25)/b7-5-/t14?,15-,18+,20-/m1/s1. The third-order valence-electron chi connectivity index (χ3n) is 4.77. The molecule has 0 aromatic heterocycles. The van der Waals surface area contributed by atoms with Crippen molar-refractivity contribution in [2.75, 3.05) is 6.54 Å². The van der Waals surface area contributed by atoms with Gasteiger partial charge in [-0.1, -0.05) is 17.7 Å². The maximum Gasteiger partial charge on any atom is 0.331 e. The molecule has 4 atom stereocenters. The Bertz CT molecular complexity index is 653. The number of carbonyl (C=O) groups is 3. The Hall–Kier alpha value is -2.19. The summed E-state index contributed by atoms with van der Waals surface area (Å²) >= 11 is 0. The highest BCUT2D eigenvalue weighted by Crippen LogP contribution is 2.33. The van der Waals surface area contributed by atoms with Crippen molar-refractivity contribution in [3.63, 3.8) is 0 Å². The summed E-state index contributed by atoms with van der Waals surface area (Å²) < 4.78 is 10.6. The molecule has 8 heteroatoms. The number of nitrogens with one attached hydrogen (secondary N) is 1. The second-order valence-corrected chi connectivity index (χ2v) is 7.58. The molecule has 0 aromatic carbocycles. The molecule has 156 valence electrons. The second kappa shape index (κ2) is 9.84. The van der Waals surface area contributed by atoms with Gasteiger partial charge in [0.25, 0.3) is 5.91 Å². The van der Waals surface area contributed by atoms with Crippen molar-refractivity contribution in [3.8, 4) is 0 Å². The first-order chi connectivity index (χ1) is 13.2. The summed E-state index contributed by atoms with van der Waals surface area (Å²) in [6.45, 7) is 3.67. The van der Waals surface area contributed by atoms with E-state index in [4.69, 9.17) is 9.47 Å². The summed E-state index contributed by atoms with van der Waals surface area (Å²) in [6.07, 6.45) is 3.05. The van der Waals surface area contributed by atoms with Gasteiger partial charge in [-0.15, -0.1) is 0 Å². The lowest BCUT2D eigenvalue weighted by molar-refractivity contribution is -0.198. The Morgan fingerprint density at radius 1 is 1.29 bits per heavy atom. The largest absolute Gasteiger partial charge is 0.459 e. The van der Waals surface area contributed by atoms with Crippen LogP contribution in [0.5, 0.6) is 0 Å². The van der Waals surface area contributed by atoms with Gasteiger partial charge in [-0.3, -0.25) is 9.59 Å². The van der Waals surface area contributed by atoms with E-state index in [1.54, 1.807) is 19.9 Å². The maximum atomic E-state index is 12.5. The quantitative estimate of drug-likeness (QED) is 0.361. The van der Waals surface area contributed by atoms with Gasteiger partial charge in [-0.2, -0.15) is 0 Å². The Labute approximate surface area is 164 Å². The lowest BCUT2D eigenvalue weighted by Gasteiger charge is -2.41. The molecule has 1 saturated carbocycles. The first-order valence-corrected chi connectivity index (χ1v) is 9.60. The van der Waals surface area contributed by atoms with Crippen LogP contribution in [0.3, 0.4) is 0 Å². The molecule has 1 aliphatic heterocycles. The SMILES string of the molecule is CC(C)=CC(=O)O[C@@H]1C[C@]2(O)CC(OC(=O)CCCC/C=C\CNC2=O)[C@@H]1O. The lowest BCUT2D eigenvalue weighted by Crippen LogP contribution is -2.60. The van der Waals surface area contributed by atoms with Crippen LogP contribution in [0.4, 0.5) is 0 Å². The maximum absolute atomic E-state index is 12.5. The van der Waals surface area contributed by atoms with Crippen LogP contribution in [0.25, 0.3) is 0 Å². The van der Waals surface area contributed by atoms with Gasteiger partial charge in [-0.25, -0.2) is 4.79 Å². The number of esters is 2. The van der Waals surface area contributed by atoms with Crippen LogP contribution in [-0.4, -0.2) is 58.5 Å². The highest BCUT2D eigenvalue weighted by Gasteiger charge is 2.51. The first-order valence-electron chi connectivity index (χ1n) is 9.60. The minimum Gasteiger partial charge on any atom is -0.459 e. The Balaban J connectivity index is 2.25. The van der Waals surface area contributed by atoms with Crippen LogP contribution in [0.1, 0.15) is 52.4 Å². The van der Waals surface area contributed by atoms with Crippen molar-refractivity contribution in [2.24, 2.45) is 0 Å². The third-order valence-corrected chi connectivity index (χ3v) is 4.77. The van der Waals surface area contributed by atoms with E-state index < -0.39 is 41.8 Å². The number of aliphatic hydroxyl groups excluding tert-OH is 1. The van der Waals surface area contributed by atoms with Gasteiger partial charge < -0.3 is 25.0 Å². The number of hydrogen-bond donors (Lipinski definition) is 3. The van der Waals surface area contributed by atoms with E-state index in [0.29, 0.717) is 12.0 Å². The summed E-state index contributed by atoms with van der Waals surface area (Å²) in [6, 6.07) is 0. The zero-order valence-corrected chi connectivity index (χ0v) is 16.3. The van der Waals surface area contributed by atoms with Crippen LogP contribution in [0.15, 0.2) is 23.8 Å². The summed E-state index contributed by atoms with van der Waals surface area (Å²) in [5.74, 6) is -1.88. The fraction of sp³-hybridized carbons (Fsp3) is 0.650. The predicted molar refractivity (Wildman–Crippen MR) is 100.0 cm³/mol. The Morgan fingerprint density at radius 3 is 2.75 bits per heavy atom. The third kappa shape index (κ3) is 6.17. The monoisotopic (exact) mass is 395 g/mol. The van der Waals surface area contributed by atoms with Crippen molar-refractivity contribution < 1.29 is 34.1 Å². The van der Waals surface area contributed by atoms with Crippen molar-refractivity contribution in [1.82, 2.24) is 5.32 Å². The van der Waals surface area contributed by atoms with E-state index in [0.717, 1.165) is 12.8 Å². The average molecular weight is 395 g/mol. The van der Waals surface area contributed by atoms with Gasteiger partial charge in [-0.05, 0) is 33.1 Å². The molecule has 3 N–H and O–H groups in total.